The van der Waals surface area contributed by atoms with E-state index < -0.39 is 0 Å². The molecule has 0 aromatic carbocycles. The third kappa shape index (κ3) is 0.657. The first-order chi connectivity index (χ1) is 6.45. The molecule has 0 saturated heterocycles. The van der Waals surface area contributed by atoms with Crippen LogP contribution in [-0.2, 0) is 0 Å². The highest BCUT2D eigenvalue weighted by atomic mass is 14.8. The second-order valence-corrected chi connectivity index (χ2v) is 7.04. The van der Waals surface area contributed by atoms with E-state index in [-0.39, 0.29) is 0 Å². The molecule has 0 aromatic rings. The summed E-state index contributed by atoms with van der Waals surface area (Å²) in [6, 6.07) is 0. The van der Waals surface area contributed by atoms with Crippen molar-refractivity contribution in [1.82, 2.24) is 0 Å². The average molecular weight is 192 g/mol. The van der Waals surface area contributed by atoms with Gasteiger partial charge in [0.05, 0.1) is 0 Å². The van der Waals surface area contributed by atoms with E-state index in [4.69, 9.17) is 0 Å². The van der Waals surface area contributed by atoms with Crippen LogP contribution in [0.15, 0.2) is 0 Å². The molecule has 3 atom stereocenters. The van der Waals surface area contributed by atoms with E-state index in [2.05, 4.69) is 27.7 Å². The van der Waals surface area contributed by atoms with Crippen LogP contribution < -0.4 is 0 Å². The fourth-order valence-corrected chi connectivity index (χ4v) is 5.61. The molecule has 3 rings (SSSR count). The molecule has 3 aliphatic carbocycles. The molecule has 1 spiro atoms. The van der Waals surface area contributed by atoms with Gasteiger partial charge < -0.3 is 0 Å². The summed E-state index contributed by atoms with van der Waals surface area (Å²) >= 11 is 0. The lowest BCUT2D eigenvalue weighted by atomic mass is 9.53. The van der Waals surface area contributed by atoms with Crippen molar-refractivity contribution in [3.63, 3.8) is 0 Å². The van der Waals surface area contributed by atoms with Gasteiger partial charge >= 0.3 is 0 Å². The molecular weight excluding hydrogens is 168 g/mol. The molecule has 3 aliphatic rings. The van der Waals surface area contributed by atoms with Crippen molar-refractivity contribution in [3.05, 3.63) is 0 Å². The van der Waals surface area contributed by atoms with Gasteiger partial charge in [-0.3, -0.25) is 0 Å². The topological polar surface area (TPSA) is 0 Å². The van der Waals surface area contributed by atoms with Gasteiger partial charge in [-0.15, -0.1) is 0 Å². The molecule has 2 bridgehead atoms. The number of hydrogen-bond acceptors (Lipinski definition) is 0. The smallest absolute Gasteiger partial charge is 0.0233 e. The van der Waals surface area contributed by atoms with Crippen LogP contribution in [0.2, 0.25) is 0 Å². The fourth-order valence-electron chi connectivity index (χ4n) is 5.61. The first-order valence-electron chi connectivity index (χ1n) is 6.45. The molecule has 0 aliphatic heterocycles. The van der Waals surface area contributed by atoms with Crippen molar-refractivity contribution in [1.29, 1.82) is 0 Å². The first-order valence-corrected chi connectivity index (χ1v) is 6.45. The molecule has 3 fully saturated rings. The highest BCUT2D eigenvalue weighted by molar-refractivity contribution is 5.20. The quantitative estimate of drug-likeness (QED) is 0.538. The summed E-state index contributed by atoms with van der Waals surface area (Å²) < 4.78 is 0. The Hall–Kier alpha value is 0. The molecule has 0 N–H and O–H groups in total. The lowest BCUT2D eigenvalue weighted by Crippen LogP contribution is -2.43. The van der Waals surface area contributed by atoms with E-state index in [0.717, 1.165) is 17.3 Å². The van der Waals surface area contributed by atoms with Gasteiger partial charge in [0.1, 0.15) is 0 Å². The number of hydrogen-bond donors (Lipinski definition) is 0. The Morgan fingerprint density at radius 2 is 1.64 bits per heavy atom. The van der Waals surface area contributed by atoms with Gasteiger partial charge in [0.15, 0.2) is 0 Å². The summed E-state index contributed by atoms with van der Waals surface area (Å²) in [7, 11) is 0. The summed E-state index contributed by atoms with van der Waals surface area (Å²) in [5.41, 5.74) is 2.06. The molecule has 80 valence electrons. The lowest BCUT2D eigenvalue weighted by molar-refractivity contribution is -0.0201. The molecule has 3 unspecified atom stereocenters. The summed E-state index contributed by atoms with van der Waals surface area (Å²) in [6.07, 6.45) is 7.60. The standard InChI is InChI=1S/C14H24/c1-10-13(4)9-6-11(12(13,2)3)14(10)7-5-8-14/h10-11H,5-9H2,1-4H3. The van der Waals surface area contributed by atoms with Crippen molar-refractivity contribution in [2.75, 3.05) is 0 Å². The predicted molar refractivity (Wildman–Crippen MR) is 60.1 cm³/mol. The average Bonchev–Trinajstić information content (AvgIpc) is 2.32. The zero-order chi connectivity index (χ0) is 10.2. The highest BCUT2D eigenvalue weighted by Crippen LogP contribution is 2.79. The third-order valence-electron chi connectivity index (χ3n) is 7.09. The van der Waals surface area contributed by atoms with Crippen molar-refractivity contribution in [2.45, 2.75) is 59.8 Å². The highest BCUT2D eigenvalue weighted by Gasteiger charge is 2.71. The van der Waals surface area contributed by atoms with Gasteiger partial charge in [-0.25, -0.2) is 0 Å². The minimum absolute atomic E-state index is 0.618. The van der Waals surface area contributed by atoms with Crippen LogP contribution in [0.3, 0.4) is 0 Å². The van der Waals surface area contributed by atoms with E-state index in [0.29, 0.717) is 10.8 Å². The number of rotatable bonds is 0. The van der Waals surface area contributed by atoms with Crippen LogP contribution in [0.1, 0.15) is 59.8 Å². The van der Waals surface area contributed by atoms with E-state index in [1.807, 2.05) is 0 Å². The summed E-state index contributed by atoms with van der Waals surface area (Å²) in [4.78, 5) is 0. The maximum Gasteiger partial charge on any atom is -0.0233 e. The van der Waals surface area contributed by atoms with Crippen molar-refractivity contribution in [3.8, 4) is 0 Å². The van der Waals surface area contributed by atoms with Crippen LogP contribution in [-0.4, -0.2) is 0 Å². The minimum Gasteiger partial charge on any atom is -0.0614 e. The van der Waals surface area contributed by atoms with Crippen LogP contribution in [0.4, 0.5) is 0 Å². The molecule has 0 heteroatoms. The van der Waals surface area contributed by atoms with Gasteiger partial charge in [0, 0.05) is 0 Å². The van der Waals surface area contributed by atoms with Crippen LogP contribution in [0.25, 0.3) is 0 Å². The Balaban J connectivity index is 2.10. The zero-order valence-corrected chi connectivity index (χ0v) is 10.2. The van der Waals surface area contributed by atoms with Crippen LogP contribution in [0.5, 0.6) is 0 Å². The van der Waals surface area contributed by atoms with E-state index in [1.165, 1.54) is 32.1 Å². The van der Waals surface area contributed by atoms with Crippen molar-refractivity contribution in [2.24, 2.45) is 28.1 Å². The monoisotopic (exact) mass is 192 g/mol. The Morgan fingerprint density at radius 3 is 1.93 bits per heavy atom. The second-order valence-electron chi connectivity index (χ2n) is 7.04. The maximum absolute atomic E-state index is 2.57. The summed E-state index contributed by atoms with van der Waals surface area (Å²) in [6.45, 7) is 10.2. The van der Waals surface area contributed by atoms with Crippen molar-refractivity contribution < 1.29 is 0 Å². The third-order valence-corrected chi connectivity index (χ3v) is 7.09. The van der Waals surface area contributed by atoms with Gasteiger partial charge in [0.25, 0.3) is 0 Å². The van der Waals surface area contributed by atoms with Crippen molar-refractivity contribution >= 4 is 0 Å². The lowest BCUT2D eigenvalue weighted by Gasteiger charge is -2.52. The minimum atomic E-state index is 0.618. The van der Waals surface area contributed by atoms with Crippen LogP contribution in [0, 0.1) is 28.1 Å². The predicted octanol–water partition coefficient (Wildman–Crippen LogP) is 4.25. The molecule has 0 amide bonds. The Bertz CT molecular complexity index is 272. The van der Waals surface area contributed by atoms with E-state index in [9.17, 15) is 0 Å². The zero-order valence-electron chi connectivity index (χ0n) is 10.2. The molecule has 3 saturated carbocycles. The summed E-state index contributed by atoms with van der Waals surface area (Å²) in [5.74, 6) is 2.03. The molecule has 0 radical (unpaired) electrons. The first kappa shape index (κ1) is 9.24. The molecular formula is C14H24. The Morgan fingerprint density at radius 1 is 1.00 bits per heavy atom. The SMILES string of the molecule is CC1C2(CCC2)C2CCC1(C)C2(C)C. The van der Waals surface area contributed by atoms with E-state index >= 15 is 0 Å². The van der Waals surface area contributed by atoms with E-state index in [1.54, 1.807) is 0 Å². The van der Waals surface area contributed by atoms with Gasteiger partial charge in [-0.2, -0.15) is 0 Å². The Kier molecular flexibility index (Phi) is 1.47. The Labute approximate surface area is 88.5 Å². The maximum atomic E-state index is 2.57. The number of fused-ring (bicyclic) bond motifs is 3. The largest absolute Gasteiger partial charge is 0.0614 e. The molecule has 0 heterocycles. The molecule has 0 nitrogen and oxygen atoms in total. The van der Waals surface area contributed by atoms with Gasteiger partial charge in [-0.05, 0) is 53.8 Å². The van der Waals surface area contributed by atoms with Gasteiger partial charge in [0.2, 0.25) is 0 Å². The molecule has 0 aromatic heterocycles. The second kappa shape index (κ2) is 2.23. The van der Waals surface area contributed by atoms with Crippen LogP contribution >= 0.6 is 0 Å². The molecule has 14 heavy (non-hydrogen) atoms. The normalized spacial score (nSPS) is 52.3. The summed E-state index contributed by atoms with van der Waals surface area (Å²) in [5, 5.41) is 0. The van der Waals surface area contributed by atoms with Gasteiger partial charge in [-0.1, -0.05) is 34.1 Å². The fraction of sp³-hybridized carbons (Fsp3) is 1.00.